The molecular formula is C44H44F4N6O7S. The second-order valence-electron chi connectivity index (χ2n) is 15.3. The molecule has 1 atom stereocenters. The number of unbranched alkanes of at least 4 members (excludes halogenated alkanes) is 3. The number of sulfone groups is 1. The van der Waals surface area contributed by atoms with Crippen LogP contribution in [0, 0.1) is 17.1 Å². The van der Waals surface area contributed by atoms with E-state index in [1.807, 2.05) is 12.1 Å². The maximum Gasteiger partial charge on any atom is 0.417 e. The first-order chi connectivity index (χ1) is 29.4. The van der Waals surface area contributed by atoms with Gasteiger partial charge in [-0.2, -0.15) is 23.5 Å². The third kappa shape index (κ3) is 11.2. The predicted molar refractivity (Wildman–Crippen MR) is 222 cm³/mol. The Kier molecular flexibility index (Phi) is 14.1. The van der Waals surface area contributed by atoms with Gasteiger partial charge in [0.25, 0.3) is 17.4 Å². The number of amides is 2. The van der Waals surface area contributed by atoms with E-state index in [9.17, 15) is 45.5 Å². The number of fused-ring (bicyclic) bond motifs is 1. The van der Waals surface area contributed by atoms with Gasteiger partial charge in [-0.15, -0.1) is 0 Å². The smallest absolute Gasteiger partial charge is 0.417 e. The van der Waals surface area contributed by atoms with Gasteiger partial charge in [-0.25, -0.2) is 17.9 Å². The van der Waals surface area contributed by atoms with E-state index in [0.717, 1.165) is 51.3 Å². The van der Waals surface area contributed by atoms with E-state index in [1.54, 1.807) is 29.2 Å². The highest BCUT2D eigenvalue weighted by Crippen LogP contribution is 2.34. The summed E-state index contributed by atoms with van der Waals surface area (Å²) in [4.78, 5) is 42.1. The third-order valence-electron chi connectivity index (χ3n) is 10.6. The zero-order chi connectivity index (χ0) is 44.7. The van der Waals surface area contributed by atoms with E-state index in [2.05, 4.69) is 20.4 Å². The summed E-state index contributed by atoms with van der Waals surface area (Å²) >= 11 is 0. The van der Waals surface area contributed by atoms with Crippen molar-refractivity contribution in [3.05, 3.63) is 129 Å². The minimum absolute atomic E-state index is 0.000779. The zero-order valence-corrected chi connectivity index (χ0v) is 34.5. The molecule has 0 radical (unpaired) electrons. The summed E-state index contributed by atoms with van der Waals surface area (Å²) < 4.78 is 86.8. The highest BCUT2D eigenvalue weighted by atomic mass is 32.2. The van der Waals surface area contributed by atoms with Crippen molar-refractivity contribution in [3.63, 3.8) is 0 Å². The van der Waals surface area contributed by atoms with Crippen molar-refractivity contribution in [3.8, 4) is 11.8 Å². The molecule has 4 aromatic carbocycles. The maximum atomic E-state index is 14.9. The molecule has 2 heterocycles. The molecule has 1 fully saturated rings. The number of nitriles is 1. The zero-order valence-electron chi connectivity index (χ0n) is 33.7. The number of hydrogen-bond acceptors (Lipinski definition) is 10. The molecule has 6 rings (SSSR count). The number of ether oxygens (including phenoxy) is 1. The average Bonchev–Trinajstić information content (AvgIpc) is 3.24. The van der Waals surface area contributed by atoms with Crippen LogP contribution in [0.3, 0.4) is 0 Å². The van der Waals surface area contributed by atoms with Gasteiger partial charge in [-0.3, -0.25) is 19.3 Å². The van der Waals surface area contributed by atoms with Crippen molar-refractivity contribution in [2.24, 2.45) is 0 Å². The monoisotopic (exact) mass is 876 g/mol. The van der Waals surface area contributed by atoms with Crippen LogP contribution >= 0.6 is 0 Å². The summed E-state index contributed by atoms with van der Waals surface area (Å²) in [5.41, 5.74) is -3.84. The van der Waals surface area contributed by atoms with Crippen LogP contribution in [0.25, 0.3) is 10.8 Å². The number of anilines is 1. The molecule has 1 aromatic heterocycles. The Hall–Kier alpha value is -6.16. The Morgan fingerprint density at radius 2 is 1.63 bits per heavy atom. The molecule has 0 aliphatic carbocycles. The Bertz CT molecular complexity index is 2640. The molecule has 326 valence electrons. The Labute approximate surface area is 354 Å². The normalized spacial score (nSPS) is 14.6. The molecule has 0 bridgehead atoms. The van der Waals surface area contributed by atoms with Crippen molar-refractivity contribution in [1.29, 1.82) is 5.26 Å². The standard InChI is InChI=1S/C44H44F4N6O7S/c1-43(58,42(57)50-31-12-11-30(27-49)37(26-31)44(46,47)48)28-62(59,60)33-15-13-32(14-16-33)61-23-7-3-2-6-18-53-19-21-54(22-20-53)41(56)36-24-29(10-17-38(36)45)25-39-34-8-4-5-9-35(34)40(55)52-51-39/h4-5,8-17,24,26,58H,2-3,6-7,18-23,25,28H2,1H3,(H,50,57)(H,52,55). The molecule has 3 N–H and O–H groups in total. The largest absolute Gasteiger partial charge is 0.494 e. The molecule has 13 nitrogen and oxygen atoms in total. The Morgan fingerprint density at radius 3 is 2.32 bits per heavy atom. The summed E-state index contributed by atoms with van der Waals surface area (Å²) in [6.07, 6.45) is -1.10. The number of nitrogens with zero attached hydrogens (tertiary/aromatic N) is 4. The number of alkyl halides is 3. The number of carbonyl (C=O) groups excluding carboxylic acids is 2. The van der Waals surface area contributed by atoms with Crippen LogP contribution in [-0.2, 0) is 27.2 Å². The lowest BCUT2D eigenvalue weighted by Gasteiger charge is -2.35. The third-order valence-corrected chi connectivity index (χ3v) is 12.5. The lowest BCUT2D eigenvalue weighted by atomic mass is 10.0. The van der Waals surface area contributed by atoms with Crippen LogP contribution < -0.4 is 15.6 Å². The second-order valence-corrected chi connectivity index (χ2v) is 17.3. The number of aliphatic hydroxyl groups is 1. The summed E-state index contributed by atoms with van der Waals surface area (Å²) in [7, 11) is -4.24. The van der Waals surface area contributed by atoms with Crippen LogP contribution in [0.4, 0.5) is 23.2 Å². The average molecular weight is 877 g/mol. The molecule has 5 aromatic rings. The molecule has 0 spiro atoms. The van der Waals surface area contributed by atoms with E-state index >= 15 is 0 Å². The van der Waals surface area contributed by atoms with Gasteiger partial charge in [-0.1, -0.05) is 37.1 Å². The molecule has 62 heavy (non-hydrogen) atoms. The van der Waals surface area contributed by atoms with E-state index < -0.39 is 50.2 Å². The van der Waals surface area contributed by atoms with E-state index in [-0.39, 0.29) is 27.6 Å². The summed E-state index contributed by atoms with van der Waals surface area (Å²) in [5.74, 6) is -2.87. The number of aromatic nitrogens is 2. The lowest BCUT2D eigenvalue weighted by Crippen LogP contribution is -2.49. The highest BCUT2D eigenvalue weighted by Gasteiger charge is 2.38. The number of hydrogen-bond donors (Lipinski definition) is 3. The summed E-state index contributed by atoms with van der Waals surface area (Å²) in [5, 5.41) is 29.7. The number of nitrogens with one attached hydrogen (secondary N) is 2. The summed E-state index contributed by atoms with van der Waals surface area (Å²) in [6.45, 7) is 4.39. The van der Waals surface area contributed by atoms with Crippen LogP contribution in [-0.4, -0.2) is 96.0 Å². The number of carbonyl (C=O) groups is 2. The number of H-pyrrole nitrogens is 1. The molecule has 0 saturated carbocycles. The van der Waals surface area contributed by atoms with Crippen molar-refractivity contribution >= 4 is 38.1 Å². The van der Waals surface area contributed by atoms with Gasteiger partial charge >= 0.3 is 6.18 Å². The van der Waals surface area contributed by atoms with Crippen LogP contribution in [0.1, 0.15) is 65.3 Å². The van der Waals surface area contributed by atoms with Crippen molar-refractivity contribution < 1.29 is 45.4 Å². The van der Waals surface area contributed by atoms with Crippen molar-refractivity contribution in [2.45, 2.75) is 55.7 Å². The van der Waals surface area contributed by atoms with Crippen LogP contribution in [0.15, 0.2) is 94.6 Å². The maximum absolute atomic E-state index is 14.9. The summed E-state index contributed by atoms with van der Waals surface area (Å²) in [6, 6.07) is 20.8. The molecule has 1 unspecified atom stereocenters. The molecule has 1 aliphatic heterocycles. The number of piperazine rings is 1. The first-order valence-corrected chi connectivity index (χ1v) is 21.5. The molecular weight excluding hydrogens is 833 g/mol. The van der Waals surface area contributed by atoms with Gasteiger partial charge in [0, 0.05) is 43.7 Å². The van der Waals surface area contributed by atoms with Gasteiger partial charge in [-0.05, 0) is 92.5 Å². The Morgan fingerprint density at radius 1 is 0.935 bits per heavy atom. The minimum Gasteiger partial charge on any atom is -0.494 e. The van der Waals surface area contributed by atoms with Gasteiger partial charge in [0.2, 0.25) is 0 Å². The fourth-order valence-corrected chi connectivity index (χ4v) is 8.74. The van der Waals surface area contributed by atoms with Gasteiger partial charge in [0.15, 0.2) is 15.4 Å². The number of aromatic amines is 1. The van der Waals surface area contributed by atoms with Crippen molar-refractivity contribution in [1.82, 2.24) is 20.0 Å². The molecule has 18 heteroatoms. The van der Waals surface area contributed by atoms with E-state index in [1.165, 1.54) is 36.4 Å². The van der Waals surface area contributed by atoms with Gasteiger partial charge < -0.3 is 20.1 Å². The Balaban J connectivity index is 0.887. The van der Waals surface area contributed by atoms with Gasteiger partial charge in [0.1, 0.15) is 11.6 Å². The highest BCUT2D eigenvalue weighted by molar-refractivity contribution is 7.91. The van der Waals surface area contributed by atoms with E-state index in [4.69, 9.17) is 10.00 Å². The number of halogens is 4. The number of benzene rings is 4. The molecule has 1 aliphatic rings. The second kappa shape index (κ2) is 19.3. The van der Waals surface area contributed by atoms with Crippen LogP contribution in [0.5, 0.6) is 5.75 Å². The quantitative estimate of drug-likeness (QED) is 0.0773. The number of rotatable bonds is 16. The first kappa shape index (κ1) is 45.4. The molecule has 1 saturated heterocycles. The first-order valence-electron chi connectivity index (χ1n) is 19.8. The van der Waals surface area contributed by atoms with Crippen molar-refractivity contribution in [2.75, 3.05) is 50.4 Å². The fraction of sp³-hybridized carbons (Fsp3) is 0.341. The van der Waals surface area contributed by atoms with Crippen LogP contribution in [0.2, 0.25) is 0 Å². The predicted octanol–water partition coefficient (Wildman–Crippen LogP) is 6.10. The minimum atomic E-state index is -4.88. The lowest BCUT2D eigenvalue weighted by molar-refractivity contribution is -0.137. The van der Waals surface area contributed by atoms with E-state index in [0.29, 0.717) is 73.1 Å². The topological polar surface area (TPSA) is 186 Å². The van der Waals surface area contributed by atoms with Gasteiger partial charge in [0.05, 0.1) is 51.1 Å². The SMILES string of the molecule is CC(O)(CS(=O)(=O)c1ccc(OCCCCCCN2CCN(C(=O)c3cc(Cc4n[nH]c(=O)c5ccccc45)ccc3F)CC2)cc1)C(=O)Nc1ccc(C#N)c(C(F)(F)F)c1. The molecule has 2 amide bonds. The fourth-order valence-electron chi connectivity index (χ4n) is 7.15.